The predicted octanol–water partition coefficient (Wildman–Crippen LogP) is 5.12. The average molecular weight is 643 g/mol. The van der Waals surface area contributed by atoms with E-state index in [1.165, 1.54) is 18.2 Å². The van der Waals surface area contributed by atoms with Crippen molar-refractivity contribution in [3.8, 4) is 5.75 Å². The Hall–Kier alpha value is -3.51. The third-order valence-electron chi connectivity index (χ3n) is 6.30. The van der Waals surface area contributed by atoms with Crippen LogP contribution in [-0.4, -0.2) is 62.2 Å². The molecule has 1 aliphatic rings. The Bertz CT molecular complexity index is 1570. The summed E-state index contributed by atoms with van der Waals surface area (Å²) >= 11 is 0. The van der Waals surface area contributed by atoms with Crippen LogP contribution in [0.25, 0.3) is 10.9 Å². The Balaban J connectivity index is 0.00000196. The first-order valence-electron chi connectivity index (χ1n) is 12.2. The topological polar surface area (TPSA) is 125 Å². The highest BCUT2D eigenvalue weighted by Crippen LogP contribution is 2.28. The molecule has 0 saturated carbocycles. The number of pyridine rings is 2. The molecule has 0 spiro atoms. The largest absolute Gasteiger partial charge is 0.494 e. The van der Waals surface area contributed by atoms with Crippen molar-refractivity contribution in [2.24, 2.45) is 0 Å². The van der Waals surface area contributed by atoms with E-state index < -0.39 is 16.0 Å². The molecule has 0 radical (unpaired) electrons. The van der Waals surface area contributed by atoms with Crippen LogP contribution >= 0.6 is 37.2 Å². The van der Waals surface area contributed by atoms with E-state index in [-0.39, 0.29) is 53.4 Å². The number of anilines is 3. The summed E-state index contributed by atoms with van der Waals surface area (Å²) in [5, 5.41) is 10.3. The second-order valence-electron chi connectivity index (χ2n) is 8.74. The summed E-state index contributed by atoms with van der Waals surface area (Å²) in [5.74, 6) is 0.934. The fourth-order valence-electron chi connectivity index (χ4n) is 4.42. The molecule has 1 saturated heterocycles. The van der Waals surface area contributed by atoms with Gasteiger partial charge in [-0.15, -0.1) is 37.2 Å². The molecule has 2 N–H and O–H groups in total. The zero-order valence-corrected chi connectivity index (χ0v) is 25.2. The molecule has 41 heavy (non-hydrogen) atoms. The highest BCUT2D eigenvalue weighted by Gasteiger charge is 2.22. The quantitative estimate of drug-likeness (QED) is 0.269. The third kappa shape index (κ3) is 7.62. The van der Waals surface area contributed by atoms with Gasteiger partial charge in [0.1, 0.15) is 17.4 Å². The Morgan fingerprint density at radius 1 is 0.927 bits per heavy atom. The Morgan fingerprint density at radius 3 is 2.17 bits per heavy atom. The number of carbonyl (C=O) groups is 1. The lowest BCUT2D eigenvalue weighted by atomic mass is 10.1. The van der Waals surface area contributed by atoms with E-state index in [9.17, 15) is 18.3 Å². The van der Waals surface area contributed by atoms with Crippen LogP contribution in [0.4, 0.5) is 17.3 Å². The van der Waals surface area contributed by atoms with E-state index in [1.54, 1.807) is 36.5 Å². The van der Waals surface area contributed by atoms with Crippen molar-refractivity contribution < 1.29 is 23.1 Å². The van der Waals surface area contributed by atoms with Gasteiger partial charge in [0, 0.05) is 43.4 Å². The maximum absolute atomic E-state index is 12.9. The molecule has 10 nitrogen and oxygen atoms in total. The number of carboxylic acid groups (broad SMARTS) is 1. The second-order valence-corrected chi connectivity index (χ2v) is 10.4. The maximum Gasteiger partial charge on any atom is 0.336 e. The van der Waals surface area contributed by atoms with Crippen LogP contribution in [0.2, 0.25) is 0 Å². The van der Waals surface area contributed by atoms with Gasteiger partial charge in [-0.25, -0.2) is 23.2 Å². The number of aromatic nitrogens is 2. The summed E-state index contributed by atoms with van der Waals surface area (Å²) in [6.07, 6.45) is 1.76. The van der Waals surface area contributed by atoms with Gasteiger partial charge < -0.3 is 19.6 Å². The summed E-state index contributed by atoms with van der Waals surface area (Å²) in [7, 11) is -3.89. The minimum atomic E-state index is -3.89. The number of nitrogens with one attached hydrogen (secondary N) is 1. The average Bonchev–Trinajstić information content (AvgIpc) is 2.93. The number of fused-ring (bicyclic) bond motifs is 1. The number of halogens is 3. The fraction of sp³-hybridized carbons (Fsp3) is 0.222. The number of aromatic carboxylic acids is 1. The molecule has 0 bridgehead atoms. The number of carboxylic acids is 1. The number of sulfonamides is 1. The standard InChI is InChI=1S/C27H27N5O5S.3ClH/c1-2-37-20-7-9-21(10-8-20)38(35,36)30-19-6-11-24-22(17-19)23(27(33)34)18-26(29-24)32-15-13-31(14-16-32)25-5-3-4-12-28-25;;;/h3-12,17-18,30H,2,13-16H2,1H3,(H,33,34);3*1H. The Labute approximate surface area is 257 Å². The lowest BCUT2D eigenvalue weighted by Crippen LogP contribution is -2.47. The molecule has 0 atom stereocenters. The van der Waals surface area contributed by atoms with Crippen molar-refractivity contribution in [2.75, 3.05) is 47.3 Å². The third-order valence-corrected chi connectivity index (χ3v) is 7.70. The number of nitrogens with zero attached hydrogens (tertiary/aromatic N) is 4. The van der Waals surface area contributed by atoms with Gasteiger partial charge in [-0.05, 0) is 67.6 Å². The fourth-order valence-corrected chi connectivity index (χ4v) is 5.46. The SMILES string of the molecule is CCOc1ccc(S(=O)(=O)Nc2ccc3nc(N4CCN(c5ccccn5)CC4)cc(C(=O)O)c3c2)cc1.Cl.Cl.Cl. The van der Waals surface area contributed by atoms with Crippen LogP contribution in [0.1, 0.15) is 17.3 Å². The molecule has 14 heteroatoms. The van der Waals surface area contributed by atoms with Crippen LogP contribution in [0.3, 0.4) is 0 Å². The highest BCUT2D eigenvalue weighted by atomic mass is 35.5. The van der Waals surface area contributed by atoms with Crippen molar-refractivity contribution in [3.05, 3.63) is 78.5 Å². The van der Waals surface area contributed by atoms with E-state index in [0.717, 1.165) is 18.9 Å². The molecule has 1 fully saturated rings. The lowest BCUT2D eigenvalue weighted by molar-refractivity contribution is 0.0699. The summed E-state index contributed by atoms with van der Waals surface area (Å²) < 4.78 is 33.7. The predicted molar refractivity (Wildman–Crippen MR) is 168 cm³/mol. The van der Waals surface area contributed by atoms with Crippen LogP contribution in [0.15, 0.2) is 77.8 Å². The normalized spacial score (nSPS) is 12.9. The van der Waals surface area contributed by atoms with E-state index in [1.807, 2.05) is 30.0 Å². The smallest absolute Gasteiger partial charge is 0.336 e. The molecule has 1 aliphatic heterocycles. The molecule has 5 rings (SSSR count). The molecular weight excluding hydrogens is 613 g/mol. The minimum absolute atomic E-state index is 0. The zero-order chi connectivity index (χ0) is 26.7. The molecule has 2 aromatic heterocycles. The van der Waals surface area contributed by atoms with Gasteiger partial charge in [-0.1, -0.05) is 6.07 Å². The van der Waals surface area contributed by atoms with Crippen molar-refractivity contribution in [2.45, 2.75) is 11.8 Å². The van der Waals surface area contributed by atoms with Gasteiger partial charge in [0.15, 0.2) is 0 Å². The molecular formula is C27H30Cl3N5O5S. The van der Waals surface area contributed by atoms with Gasteiger partial charge in [-0.2, -0.15) is 0 Å². The first kappa shape index (κ1) is 33.7. The number of ether oxygens (including phenoxy) is 1. The van der Waals surface area contributed by atoms with Gasteiger partial charge in [-0.3, -0.25) is 4.72 Å². The summed E-state index contributed by atoms with van der Waals surface area (Å²) in [4.78, 5) is 25.6. The second kappa shape index (κ2) is 14.4. The number of rotatable bonds is 8. The number of piperazine rings is 1. The lowest BCUT2D eigenvalue weighted by Gasteiger charge is -2.36. The summed E-state index contributed by atoms with van der Waals surface area (Å²) in [5.41, 5.74) is 0.766. The number of benzene rings is 2. The van der Waals surface area contributed by atoms with E-state index >= 15 is 0 Å². The first-order chi connectivity index (χ1) is 18.3. The van der Waals surface area contributed by atoms with Crippen molar-refractivity contribution in [1.82, 2.24) is 9.97 Å². The van der Waals surface area contributed by atoms with Crippen LogP contribution in [0.5, 0.6) is 5.75 Å². The Kier molecular flexibility index (Phi) is 11.8. The summed E-state index contributed by atoms with van der Waals surface area (Å²) in [6, 6.07) is 18.1. The molecule has 3 heterocycles. The molecule has 0 aliphatic carbocycles. The maximum atomic E-state index is 12.9. The Morgan fingerprint density at radius 2 is 1.59 bits per heavy atom. The molecule has 0 amide bonds. The van der Waals surface area contributed by atoms with Gasteiger partial charge >= 0.3 is 5.97 Å². The molecule has 220 valence electrons. The molecule has 4 aromatic rings. The van der Waals surface area contributed by atoms with E-state index in [4.69, 9.17) is 9.72 Å². The monoisotopic (exact) mass is 641 g/mol. The zero-order valence-electron chi connectivity index (χ0n) is 22.0. The van der Waals surface area contributed by atoms with Crippen molar-refractivity contribution in [1.29, 1.82) is 0 Å². The van der Waals surface area contributed by atoms with Gasteiger partial charge in [0.25, 0.3) is 10.0 Å². The van der Waals surface area contributed by atoms with Crippen LogP contribution < -0.4 is 19.3 Å². The van der Waals surface area contributed by atoms with Crippen molar-refractivity contribution >= 4 is 81.4 Å². The highest BCUT2D eigenvalue weighted by molar-refractivity contribution is 7.92. The van der Waals surface area contributed by atoms with Gasteiger partial charge in [0.2, 0.25) is 0 Å². The van der Waals surface area contributed by atoms with Crippen LogP contribution in [0, 0.1) is 0 Å². The number of hydrogen-bond donors (Lipinski definition) is 2. The van der Waals surface area contributed by atoms with E-state index in [2.05, 4.69) is 14.6 Å². The summed E-state index contributed by atoms with van der Waals surface area (Å²) in [6.45, 7) is 5.10. The number of hydrogen-bond acceptors (Lipinski definition) is 8. The van der Waals surface area contributed by atoms with Gasteiger partial charge in [0.05, 0.1) is 22.6 Å². The first-order valence-corrected chi connectivity index (χ1v) is 13.7. The van der Waals surface area contributed by atoms with Crippen LogP contribution in [-0.2, 0) is 10.0 Å². The molecule has 0 unspecified atom stereocenters. The van der Waals surface area contributed by atoms with E-state index in [0.29, 0.717) is 42.2 Å². The minimum Gasteiger partial charge on any atom is -0.494 e. The molecule has 2 aromatic carbocycles. The van der Waals surface area contributed by atoms with Crippen molar-refractivity contribution in [3.63, 3.8) is 0 Å².